The van der Waals surface area contributed by atoms with E-state index in [1.165, 1.54) is 5.56 Å². The highest BCUT2D eigenvalue weighted by molar-refractivity contribution is 5.86. The molecular formula is C18H21N5O. The second-order valence-corrected chi connectivity index (χ2v) is 6.09. The molecule has 1 aromatic carbocycles. The maximum atomic E-state index is 6.08. The van der Waals surface area contributed by atoms with Gasteiger partial charge in [0.25, 0.3) is 0 Å². The molecule has 3 aromatic rings. The summed E-state index contributed by atoms with van der Waals surface area (Å²) in [7, 11) is 2.15. The number of aromatic nitrogens is 3. The summed E-state index contributed by atoms with van der Waals surface area (Å²) in [5, 5.41) is 4.44. The Morgan fingerprint density at radius 2 is 2.12 bits per heavy atom. The number of benzene rings is 1. The summed E-state index contributed by atoms with van der Waals surface area (Å²) in [4.78, 5) is 14.1. The lowest BCUT2D eigenvalue weighted by molar-refractivity contribution is -0.0556. The van der Waals surface area contributed by atoms with Crippen LogP contribution < -0.4 is 5.32 Å². The Hall–Kier alpha value is -2.44. The molecule has 2 atom stereocenters. The molecule has 1 aliphatic heterocycles. The van der Waals surface area contributed by atoms with E-state index in [0.717, 1.165) is 30.0 Å². The number of hydrogen-bond donors (Lipinski definition) is 2. The van der Waals surface area contributed by atoms with Gasteiger partial charge in [-0.3, -0.25) is 4.90 Å². The van der Waals surface area contributed by atoms with Crippen molar-refractivity contribution in [1.82, 2.24) is 19.9 Å². The van der Waals surface area contributed by atoms with E-state index in [-0.39, 0.29) is 12.1 Å². The summed E-state index contributed by atoms with van der Waals surface area (Å²) in [5.74, 6) is 0.838. The summed E-state index contributed by atoms with van der Waals surface area (Å²) in [5.41, 5.74) is 2.12. The van der Waals surface area contributed by atoms with Crippen LogP contribution in [0, 0.1) is 0 Å². The lowest BCUT2D eigenvalue weighted by Crippen LogP contribution is -2.46. The Labute approximate surface area is 140 Å². The maximum Gasteiger partial charge on any atom is 0.142 e. The van der Waals surface area contributed by atoms with Crippen LogP contribution in [0.1, 0.15) is 11.6 Å². The number of ether oxygens (including phenoxy) is 1. The van der Waals surface area contributed by atoms with Crippen LogP contribution >= 0.6 is 0 Å². The largest absolute Gasteiger partial charge is 0.373 e. The van der Waals surface area contributed by atoms with Crippen LogP contribution in [0.2, 0.25) is 0 Å². The van der Waals surface area contributed by atoms with E-state index in [1.807, 2.05) is 18.3 Å². The second kappa shape index (κ2) is 6.59. The van der Waals surface area contributed by atoms with Crippen molar-refractivity contribution in [2.75, 3.05) is 32.1 Å². The first kappa shape index (κ1) is 15.1. The highest BCUT2D eigenvalue weighted by atomic mass is 16.5. The van der Waals surface area contributed by atoms with Crippen molar-refractivity contribution in [3.8, 4) is 0 Å². The molecule has 2 N–H and O–H groups in total. The van der Waals surface area contributed by atoms with Crippen molar-refractivity contribution in [1.29, 1.82) is 0 Å². The highest BCUT2D eigenvalue weighted by Crippen LogP contribution is 2.29. The Morgan fingerprint density at radius 3 is 3.00 bits per heavy atom. The van der Waals surface area contributed by atoms with E-state index in [2.05, 4.69) is 56.5 Å². The van der Waals surface area contributed by atoms with Crippen molar-refractivity contribution < 1.29 is 4.74 Å². The quantitative estimate of drug-likeness (QED) is 0.772. The third-order valence-corrected chi connectivity index (χ3v) is 4.57. The number of nitrogens with one attached hydrogen (secondary N) is 2. The third kappa shape index (κ3) is 2.86. The summed E-state index contributed by atoms with van der Waals surface area (Å²) in [6, 6.07) is 12.8. The molecular weight excluding hydrogens is 302 g/mol. The minimum atomic E-state index is 0.0649. The van der Waals surface area contributed by atoms with Crippen molar-refractivity contribution in [3.05, 3.63) is 54.5 Å². The van der Waals surface area contributed by atoms with E-state index in [0.29, 0.717) is 6.54 Å². The lowest BCUT2D eigenvalue weighted by Gasteiger charge is -2.39. The van der Waals surface area contributed by atoms with E-state index in [9.17, 15) is 0 Å². The number of likely N-dealkylation sites (N-methyl/N-ethyl adjacent to an activating group) is 1. The first-order valence-corrected chi connectivity index (χ1v) is 8.21. The second-order valence-electron chi connectivity index (χ2n) is 6.09. The zero-order valence-corrected chi connectivity index (χ0v) is 13.6. The maximum absolute atomic E-state index is 6.08. The Morgan fingerprint density at radius 1 is 1.25 bits per heavy atom. The molecule has 0 unspecified atom stereocenters. The third-order valence-electron chi connectivity index (χ3n) is 4.57. The monoisotopic (exact) mass is 323 g/mol. The predicted molar refractivity (Wildman–Crippen MR) is 93.9 cm³/mol. The topological polar surface area (TPSA) is 66.1 Å². The minimum Gasteiger partial charge on any atom is -0.373 e. The number of fused-ring (bicyclic) bond motifs is 1. The highest BCUT2D eigenvalue weighted by Gasteiger charge is 2.31. The van der Waals surface area contributed by atoms with Gasteiger partial charge in [0.05, 0.1) is 24.1 Å². The minimum absolute atomic E-state index is 0.0649. The van der Waals surface area contributed by atoms with Gasteiger partial charge in [-0.25, -0.2) is 9.97 Å². The number of nitrogens with zero attached hydrogens (tertiary/aromatic N) is 3. The van der Waals surface area contributed by atoms with Crippen LogP contribution in [0.5, 0.6) is 0 Å². The van der Waals surface area contributed by atoms with E-state index >= 15 is 0 Å². The van der Waals surface area contributed by atoms with E-state index in [1.54, 1.807) is 6.33 Å². The number of morpholine rings is 1. The van der Waals surface area contributed by atoms with Crippen molar-refractivity contribution >= 4 is 16.9 Å². The van der Waals surface area contributed by atoms with E-state index < -0.39 is 0 Å². The fraction of sp³-hybridized carbons (Fsp3) is 0.333. The van der Waals surface area contributed by atoms with Crippen LogP contribution in [0.15, 0.2) is 48.9 Å². The average molecular weight is 323 g/mol. The molecule has 1 aliphatic rings. The van der Waals surface area contributed by atoms with Crippen molar-refractivity contribution in [3.63, 3.8) is 0 Å². The molecule has 1 saturated heterocycles. The first-order chi connectivity index (χ1) is 11.8. The van der Waals surface area contributed by atoms with Crippen molar-refractivity contribution in [2.45, 2.75) is 12.1 Å². The Bertz CT molecular complexity index is 803. The molecule has 0 radical (unpaired) electrons. The molecule has 0 amide bonds. The molecule has 2 aromatic heterocycles. The van der Waals surface area contributed by atoms with Gasteiger partial charge in [-0.15, -0.1) is 0 Å². The fourth-order valence-corrected chi connectivity index (χ4v) is 3.36. The molecule has 0 saturated carbocycles. The fourth-order valence-electron chi connectivity index (χ4n) is 3.36. The summed E-state index contributed by atoms with van der Waals surface area (Å²) in [6.07, 6.45) is 3.52. The molecule has 1 fully saturated rings. The van der Waals surface area contributed by atoms with Gasteiger partial charge in [0.15, 0.2) is 0 Å². The molecule has 6 heteroatoms. The molecule has 0 bridgehead atoms. The van der Waals surface area contributed by atoms with Crippen molar-refractivity contribution in [2.24, 2.45) is 0 Å². The summed E-state index contributed by atoms with van der Waals surface area (Å²) in [6.45, 7) is 2.38. The van der Waals surface area contributed by atoms with Gasteiger partial charge >= 0.3 is 0 Å². The number of aromatic amines is 1. The normalized spacial score (nSPS) is 21.9. The van der Waals surface area contributed by atoms with Crippen LogP contribution in [0.3, 0.4) is 0 Å². The molecule has 124 valence electrons. The smallest absolute Gasteiger partial charge is 0.142 e. The first-order valence-electron chi connectivity index (χ1n) is 8.21. The van der Waals surface area contributed by atoms with Crippen LogP contribution in [0.25, 0.3) is 11.0 Å². The lowest BCUT2D eigenvalue weighted by atomic mass is 9.98. The number of hydrogen-bond acceptors (Lipinski definition) is 5. The average Bonchev–Trinajstić information content (AvgIpc) is 3.10. The number of H-pyrrole nitrogens is 1. The molecule has 4 rings (SSSR count). The number of anilines is 1. The summed E-state index contributed by atoms with van der Waals surface area (Å²) >= 11 is 0. The van der Waals surface area contributed by atoms with Gasteiger partial charge in [-0.2, -0.15) is 0 Å². The zero-order valence-electron chi connectivity index (χ0n) is 13.6. The predicted octanol–water partition coefficient (Wildman–Crippen LogP) is 2.44. The standard InChI is InChI=1S/C18H21N5O/c1-23-9-10-24-15(16(23)13-5-3-2-4-6-13)11-20-18-14-7-8-19-17(14)21-12-22-18/h2-8,12,15-16H,9-11H2,1H3,(H2,19,20,21,22)/t15-,16-/m0/s1. The van der Waals surface area contributed by atoms with Gasteiger partial charge in [0, 0.05) is 19.3 Å². The Balaban J connectivity index is 1.54. The molecule has 24 heavy (non-hydrogen) atoms. The molecule has 0 spiro atoms. The molecule has 0 aliphatic carbocycles. The van der Waals surface area contributed by atoms with Crippen LogP contribution in [-0.4, -0.2) is 52.7 Å². The van der Waals surface area contributed by atoms with Crippen LogP contribution in [0.4, 0.5) is 5.82 Å². The van der Waals surface area contributed by atoms with Crippen LogP contribution in [-0.2, 0) is 4.74 Å². The SMILES string of the molecule is CN1CCO[C@@H](CNc2ncnc3[nH]ccc23)[C@@H]1c1ccccc1. The number of rotatable bonds is 4. The van der Waals surface area contributed by atoms with Gasteiger partial charge in [-0.1, -0.05) is 30.3 Å². The molecule has 6 nitrogen and oxygen atoms in total. The van der Waals surface area contributed by atoms with E-state index in [4.69, 9.17) is 4.74 Å². The van der Waals surface area contributed by atoms with Gasteiger partial charge in [0.1, 0.15) is 17.8 Å². The molecule has 3 heterocycles. The Kier molecular flexibility index (Phi) is 4.15. The zero-order chi connectivity index (χ0) is 16.4. The van der Waals surface area contributed by atoms with Gasteiger partial charge < -0.3 is 15.0 Å². The van der Waals surface area contributed by atoms with Gasteiger partial charge in [0.2, 0.25) is 0 Å². The van der Waals surface area contributed by atoms with Gasteiger partial charge in [-0.05, 0) is 18.7 Å². The summed E-state index contributed by atoms with van der Waals surface area (Å²) < 4.78 is 6.08.